The van der Waals surface area contributed by atoms with Crippen molar-refractivity contribution < 1.29 is 43.0 Å². The van der Waals surface area contributed by atoms with Crippen molar-refractivity contribution in [3.8, 4) is 0 Å². The van der Waals surface area contributed by atoms with E-state index in [1.54, 1.807) is 71.0 Å². The Kier molecular flexibility index (Phi) is 17.6. The molecule has 1 aliphatic heterocycles. The van der Waals surface area contributed by atoms with Crippen molar-refractivity contribution in [2.45, 2.75) is 118 Å². The Labute approximate surface area is 316 Å². The standard InChI is InChI=1S/C38H55N3O9S2/c1-23(2)32-29(49-24(3)42)21-31(44)50-26(17-13-14-18-51-35(47)37(4,5)6)20-30(43)39-27(19-25-15-11-10-12-16-25)33(45)40-28(34(46)41-32)22-52-36(48)38(7,8)9/h10-13,15-17,23,26-29,32H,14,18-22H2,1-9H3,(H,39,43)(H,40,45)(H,41,46)/b17-13+/t26-,27-,28-,29+,32-/m1/s1. The van der Waals surface area contributed by atoms with Gasteiger partial charge >= 0.3 is 11.9 Å². The molecule has 0 unspecified atom stereocenters. The highest BCUT2D eigenvalue weighted by Crippen LogP contribution is 2.25. The Morgan fingerprint density at radius 3 is 2.04 bits per heavy atom. The average molecular weight is 762 g/mol. The maximum Gasteiger partial charge on any atom is 0.310 e. The third-order valence-electron chi connectivity index (χ3n) is 7.82. The Morgan fingerprint density at radius 1 is 0.865 bits per heavy atom. The lowest BCUT2D eigenvalue weighted by Crippen LogP contribution is -2.58. The van der Waals surface area contributed by atoms with Gasteiger partial charge in [0.1, 0.15) is 24.3 Å². The number of thioether (sulfide) groups is 2. The van der Waals surface area contributed by atoms with E-state index in [4.69, 9.17) is 9.47 Å². The number of nitrogens with one attached hydrogen (secondary N) is 3. The maximum absolute atomic E-state index is 13.9. The van der Waals surface area contributed by atoms with Gasteiger partial charge < -0.3 is 25.4 Å². The van der Waals surface area contributed by atoms with Gasteiger partial charge in [0, 0.05) is 35.7 Å². The lowest BCUT2D eigenvalue weighted by atomic mass is 9.95. The second-order valence-corrected chi connectivity index (χ2v) is 17.2. The molecular weight excluding hydrogens is 707 g/mol. The zero-order chi connectivity index (χ0) is 39.2. The third kappa shape index (κ3) is 15.9. The van der Waals surface area contributed by atoms with E-state index >= 15 is 0 Å². The SMILES string of the molecule is CC(=O)O[C@H]1CC(=O)O[C@H](/C=C/CCSC(=O)C(C)(C)C)CC(=O)N[C@H](Cc2ccccc2)C(=O)N[C@H](CSC(=O)C(C)(C)C)C(=O)N[C@@H]1C(C)C. The van der Waals surface area contributed by atoms with Gasteiger partial charge in [-0.3, -0.25) is 33.6 Å². The molecule has 52 heavy (non-hydrogen) atoms. The summed E-state index contributed by atoms with van der Waals surface area (Å²) in [6, 6.07) is 5.77. The van der Waals surface area contributed by atoms with Crippen molar-refractivity contribution in [1.82, 2.24) is 16.0 Å². The minimum absolute atomic E-state index is 0.0355. The van der Waals surface area contributed by atoms with E-state index in [1.807, 2.05) is 26.8 Å². The summed E-state index contributed by atoms with van der Waals surface area (Å²) in [5.74, 6) is -3.36. The van der Waals surface area contributed by atoms with Gasteiger partial charge in [-0.15, -0.1) is 0 Å². The van der Waals surface area contributed by atoms with Crippen molar-refractivity contribution in [3.63, 3.8) is 0 Å². The van der Waals surface area contributed by atoms with Gasteiger partial charge in [-0.1, -0.05) is 115 Å². The number of hydrogen-bond acceptors (Lipinski definition) is 11. The first-order chi connectivity index (χ1) is 24.2. The Bertz CT molecular complexity index is 1450. The summed E-state index contributed by atoms with van der Waals surface area (Å²) in [6.07, 6.45) is 0.846. The van der Waals surface area contributed by atoms with Crippen LogP contribution in [-0.4, -0.2) is 81.7 Å². The third-order valence-corrected chi connectivity index (χ3v) is 10.5. The molecule has 5 atom stereocenters. The van der Waals surface area contributed by atoms with Crippen LogP contribution >= 0.6 is 23.5 Å². The molecule has 288 valence electrons. The molecule has 0 spiro atoms. The zero-order valence-corrected chi connectivity index (χ0v) is 33.4. The quantitative estimate of drug-likeness (QED) is 0.174. The van der Waals surface area contributed by atoms with E-state index in [1.165, 1.54) is 18.7 Å². The van der Waals surface area contributed by atoms with E-state index in [-0.39, 0.29) is 34.7 Å². The van der Waals surface area contributed by atoms with Gasteiger partial charge in [-0.25, -0.2) is 0 Å². The van der Waals surface area contributed by atoms with E-state index in [0.717, 1.165) is 17.3 Å². The highest BCUT2D eigenvalue weighted by atomic mass is 32.2. The molecule has 0 aliphatic carbocycles. The number of esters is 2. The summed E-state index contributed by atoms with van der Waals surface area (Å²) >= 11 is 2.08. The van der Waals surface area contributed by atoms with Crippen LogP contribution in [-0.2, 0) is 49.5 Å². The molecule has 1 aliphatic rings. The topological polar surface area (TPSA) is 174 Å². The smallest absolute Gasteiger partial charge is 0.310 e. The predicted molar refractivity (Wildman–Crippen MR) is 203 cm³/mol. The van der Waals surface area contributed by atoms with Crippen LogP contribution in [0.4, 0.5) is 0 Å². The molecule has 2 rings (SSSR count). The fraction of sp³-hybridized carbons (Fsp3) is 0.605. The number of allylic oxidation sites excluding steroid dienone is 1. The molecule has 0 aromatic heterocycles. The maximum atomic E-state index is 13.9. The molecular formula is C38H55N3O9S2. The van der Waals surface area contributed by atoms with Crippen molar-refractivity contribution in [3.05, 3.63) is 48.0 Å². The van der Waals surface area contributed by atoms with Crippen molar-refractivity contribution in [2.75, 3.05) is 11.5 Å². The number of cyclic esters (lactones) is 1. The van der Waals surface area contributed by atoms with Crippen LogP contribution in [0.3, 0.4) is 0 Å². The Morgan fingerprint density at radius 2 is 1.46 bits per heavy atom. The molecule has 0 saturated carbocycles. The Hall–Kier alpha value is -3.65. The number of benzene rings is 1. The van der Waals surface area contributed by atoms with Gasteiger partial charge in [-0.05, 0) is 24.0 Å². The molecule has 14 heteroatoms. The molecule has 1 saturated heterocycles. The highest BCUT2D eigenvalue weighted by Gasteiger charge is 2.36. The lowest BCUT2D eigenvalue weighted by molar-refractivity contribution is -0.158. The van der Waals surface area contributed by atoms with E-state index in [0.29, 0.717) is 12.2 Å². The monoisotopic (exact) mass is 761 g/mol. The molecule has 1 heterocycles. The van der Waals surface area contributed by atoms with Crippen LogP contribution in [0.2, 0.25) is 0 Å². The minimum Gasteiger partial charge on any atom is -0.460 e. The molecule has 1 aromatic rings. The normalized spacial score (nSPS) is 22.8. The summed E-state index contributed by atoms with van der Waals surface area (Å²) in [6.45, 7) is 15.5. The first-order valence-electron chi connectivity index (χ1n) is 17.5. The fourth-order valence-corrected chi connectivity index (χ4v) is 6.81. The summed E-state index contributed by atoms with van der Waals surface area (Å²) in [5, 5.41) is 8.19. The van der Waals surface area contributed by atoms with Gasteiger partial charge in [-0.2, -0.15) is 0 Å². The molecule has 12 nitrogen and oxygen atoms in total. The lowest BCUT2D eigenvalue weighted by Gasteiger charge is -2.32. The molecule has 0 radical (unpaired) electrons. The van der Waals surface area contributed by atoms with Crippen molar-refractivity contribution in [1.29, 1.82) is 0 Å². The van der Waals surface area contributed by atoms with Crippen LogP contribution in [0.25, 0.3) is 0 Å². The highest BCUT2D eigenvalue weighted by molar-refractivity contribution is 8.14. The van der Waals surface area contributed by atoms with Gasteiger partial charge in [0.25, 0.3) is 0 Å². The van der Waals surface area contributed by atoms with Gasteiger partial charge in [0.05, 0.1) is 18.9 Å². The number of amides is 3. The minimum atomic E-state index is -1.23. The van der Waals surface area contributed by atoms with Crippen LogP contribution in [0.1, 0.15) is 87.1 Å². The second kappa shape index (κ2) is 20.6. The van der Waals surface area contributed by atoms with Crippen LogP contribution < -0.4 is 16.0 Å². The molecule has 0 bridgehead atoms. The summed E-state index contributed by atoms with van der Waals surface area (Å²) in [5.41, 5.74) is -0.472. The molecule has 1 fully saturated rings. The molecule has 1 aromatic carbocycles. The van der Waals surface area contributed by atoms with E-state index < -0.39 is 77.2 Å². The van der Waals surface area contributed by atoms with Crippen molar-refractivity contribution >= 4 is 63.4 Å². The first-order valence-corrected chi connectivity index (χ1v) is 19.5. The molecule has 3 N–H and O–H groups in total. The summed E-state index contributed by atoms with van der Waals surface area (Å²) in [4.78, 5) is 92.2. The predicted octanol–water partition coefficient (Wildman–Crippen LogP) is 4.53. The average Bonchev–Trinajstić information content (AvgIpc) is 3.03. The first kappa shape index (κ1) is 44.5. The van der Waals surface area contributed by atoms with Gasteiger partial charge in [0.15, 0.2) is 10.2 Å². The second-order valence-electron chi connectivity index (χ2n) is 15.2. The largest absolute Gasteiger partial charge is 0.460 e. The van der Waals surface area contributed by atoms with Crippen LogP contribution in [0, 0.1) is 16.7 Å². The summed E-state index contributed by atoms with van der Waals surface area (Å²) < 4.78 is 11.3. The number of hydrogen-bond donors (Lipinski definition) is 3. The number of carbonyl (C=O) groups excluding carboxylic acids is 7. The van der Waals surface area contributed by atoms with Crippen LogP contribution in [0.15, 0.2) is 42.5 Å². The van der Waals surface area contributed by atoms with E-state index in [9.17, 15) is 33.6 Å². The summed E-state index contributed by atoms with van der Waals surface area (Å²) in [7, 11) is 0. The fourth-order valence-electron chi connectivity index (χ4n) is 4.95. The number of rotatable bonds is 10. The number of ether oxygens (including phenoxy) is 2. The molecule has 3 amide bonds. The zero-order valence-electron chi connectivity index (χ0n) is 31.7. The van der Waals surface area contributed by atoms with E-state index in [2.05, 4.69) is 16.0 Å². The Balaban J connectivity index is 2.53. The van der Waals surface area contributed by atoms with Gasteiger partial charge in [0.2, 0.25) is 17.7 Å². The van der Waals surface area contributed by atoms with Crippen LogP contribution in [0.5, 0.6) is 0 Å². The number of carbonyl (C=O) groups is 7. The van der Waals surface area contributed by atoms with Crippen molar-refractivity contribution in [2.24, 2.45) is 16.7 Å².